The summed E-state index contributed by atoms with van der Waals surface area (Å²) >= 11 is 1.71. The first-order valence-electron chi connectivity index (χ1n) is 6.38. The number of hydrogen-bond acceptors (Lipinski definition) is 4. The lowest BCUT2D eigenvalue weighted by Crippen LogP contribution is -2.37. The van der Waals surface area contributed by atoms with Crippen molar-refractivity contribution in [3.63, 3.8) is 0 Å². The van der Waals surface area contributed by atoms with Crippen molar-refractivity contribution in [1.82, 2.24) is 5.32 Å². The van der Waals surface area contributed by atoms with Crippen LogP contribution in [0.1, 0.15) is 30.1 Å². The molecule has 21 heavy (non-hydrogen) atoms. The Bertz CT molecular complexity index is 589. The van der Waals surface area contributed by atoms with Crippen LogP contribution in [-0.4, -0.2) is 27.9 Å². The van der Waals surface area contributed by atoms with Crippen molar-refractivity contribution in [2.45, 2.75) is 24.5 Å². The minimum atomic E-state index is -1.32. The molecular weight excluding hydrogens is 302 g/mol. The second-order valence-corrected chi connectivity index (χ2v) is 6.81. The predicted molar refractivity (Wildman–Crippen MR) is 75.4 cm³/mol. The minimum absolute atomic E-state index is 0.134. The molecule has 5 nitrogen and oxygen atoms in total. The largest absolute Gasteiger partial charge is 0.351 e. The summed E-state index contributed by atoms with van der Waals surface area (Å²) in [6.45, 7) is 2.29. The third-order valence-electron chi connectivity index (χ3n) is 3.38. The SMILES string of the molecule is CC1(CNC(=O)c2cc(F)cc([N+](=O)[O-])c2F)CCCS1. The van der Waals surface area contributed by atoms with E-state index in [1.54, 1.807) is 11.8 Å². The van der Waals surface area contributed by atoms with Crippen LogP contribution in [-0.2, 0) is 0 Å². The fourth-order valence-corrected chi connectivity index (χ4v) is 3.46. The van der Waals surface area contributed by atoms with Crippen molar-refractivity contribution in [2.24, 2.45) is 0 Å². The maximum Gasteiger partial charge on any atom is 0.308 e. The third kappa shape index (κ3) is 3.49. The van der Waals surface area contributed by atoms with E-state index in [2.05, 4.69) is 5.32 Å². The summed E-state index contributed by atoms with van der Waals surface area (Å²) in [7, 11) is 0. The van der Waals surface area contributed by atoms with Crippen molar-refractivity contribution >= 4 is 23.4 Å². The molecule has 0 radical (unpaired) electrons. The van der Waals surface area contributed by atoms with Gasteiger partial charge in [0.15, 0.2) is 0 Å². The first-order valence-corrected chi connectivity index (χ1v) is 7.36. The average Bonchev–Trinajstić information content (AvgIpc) is 2.85. The highest BCUT2D eigenvalue weighted by Gasteiger charge is 2.31. The van der Waals surface area contributed by atoms with Crippen molar-refractivity contribution in [1.29, 1.82) is 0 Å². The zero-order chi connectivity index (χ0) is 15.6. The van der Waals surface area contributed by atoms with E-state index >= 15 is 0 Å². The Hall–Kier alpha value is -1.70. The van der Waals surface area contributed by atoms with Crippen LogP contribution < -0.4 is 5.32 Å². The summed E-state index contributed by atoms with van der Waals surface area (Å²) in [5.74, 6) is -2.19. The number of hydrogen-bond donors (Lipinski definition) is 1. The van der Waals surface area contributed by atoms with E-state index in [0.717, 1.165) is 18.6 Å². The van der Waals surface area contributed by atoms with E-state index in [1.807, 2.05) is 6.92 Å². The van der Waals surface area contributed by atoms with E-state index in [4.69, 9.17) is 0 Å². The zero-order valence-corrected chi connectivity index (χ0v) is 12.1. The number of nitrogens with zero attached hydrogens (tertiary/aromatic N) is 1. The van der Waals surface area contributed by atoms with Gasteiger partial charge in [-0.3, -0.25) is 14.9 Å². The summed E-state index contributed by atoms with van der Waals surface area (Å²) in [6.07, 6.45) is 1.96. The number of nitro benzene ring substituents is 1. The number of halogens is 2. The predicted octanol–water partition coefficient (Wildman–Crippen LogP) is 2.89. The van der Waals surface area contributed by atoms with E-state index in [1.165, 1.54) is 0 Å². The average molecular weight is 316 g/mol. The standard InChI is InChI=1S/C13H14F2N2O3S/c1-13(3-2-4-21-13)7-16-12(18)9-5-8(14)6-10(11(9)15)17(19)20/h5-6H,2-4,7H2,1H3,(H,16,18). The van der Waals surface area contributed by atoms with Crippen molar-refractivity contribution < 1.29 is 18.5 Å². The quantitative estimate of drug-likeness (QED) is 0.685. The van der Waals surface area contributed by atoms with Gasteiger partial charge in [-0.05, 0) is 31.6 Å². The molecule has 0 aromatic heterocycles. The molecule has 8 heteroatoms. The first-order chi connectivity index (χ1) is 9.82. The summed E-state index contributed by atoms with van der Waals surface area (Å²) in [6, 6.07) is 1.13. The van der Waals surface area contributed by atoms with Gasteiger partial charge in [0, 0.05) is 11.3 Å². The van der Waals surface area contributed by atoms with Crippen LogP contribution in [0.25, 0.3) is 0 Å². The van der Waals surface area contributed by atoms with Crippen LogP contribution in [0, 0.1) is 21.7 Å². The fraction of sp³-hybridized carbons (Fsp3) is 0.462. The van der Waals surface area contributed by atoms with Crippen LogP contribution in [0.2, 0.25) is 0 Å². The van der Waals surface area contributed by atoms with Gasteiger partial charge in [0.1, 0.15) is 5.82 Å². The number of thioether (sulfide) groups is 1. The van der Waals surface area contributed by atoms with Crippen molar-refractivity contribution in [3.05, 3.63) is 39.4 Å². The minimum Gasteiger partial charge on any atom is -0.351 e. The van der Waals surface area contributed by atoms with Crippen LogP contribution in [0.5, 0.6) is 0 Å². The molecule has 1 aromatic rings. The van der Waals surface area contributed by atoms with Crippen LogP contribution in [0.3, 0.4) is 0 Å². The van der Waals surface area contributed by atoms with Gasteiger partial charge < -0.3 is 5.32 Å². The summed E-state index contributed by atoms with van der Waals surface area (Å²) in [5, 5.41) is 13.2. The molecule has 0 spiro atoms. The monoisotopic (exact) mass is 316 g/mol. The Morgan fingerprint density at radius 3 is 2.81 bits per heavy atom. The van der Waals surface area contributed by atoms with Gasteiger partial charge in [0.05, 0.1) is 16.6 Å². The maximum absolute atomic E-state index is 13.9. The number of carbonyl (C=O) groups excluding carboxylic acids is 1. The number of carbonyl (C=O) groups is 1. The highest BCUT2D eigenvalue weighted by atomic mass is 32.2. The van der Waals surface area contributed by atoms with Gasteiger partial charge in [0.2, 0.25) is 5.82 Å². The number of amides is 1. The third-order valence-corrected chi connectivity index (χ3v) is 4.92. The van der Waals surface area contributed by atoms with Gasteiger partial charge in [-0.15, -0.1) is 0 Å². The van der Waals surface area contributed by atoms with E-state index in [-0.39, 0.29) is 4.75 Å². The fourth-order valence-electron chi connectivity index (χ4n) is 2.21. The number of nitrogens with one attached hydrogen (secondary N) is 1. The molecule has 1 unspecified atom stereocenters. The highest BCUT2D eigenvalue weighted by molar-refractivity contribution is 8.00. The molecule has 1 fully saturated rings. The lowest BCUT2D eigenvalue weighted by atomic mass is 10.1. The lowest BCUT2D eigenvalue weighted by Gasteiger charge is -2.22. The zero-order valence-electron chi connectivity index (χ0n) is 11.3. The number of benzene rings is 1. The number of rotatable bonds is 4. The Labute approximate surface area is 124 Å². The number of nitro groups is 1. The first kappa shape index (κ1) is 15.7. The Kier molecular flexibility index (Phi) is 4.46. The summed E-state index contributed by atoms with van der Waals surface area (Å²) in [4.78, 5) is 21.5. The summed E-state index contributed by atoms with van der Waals surface area (Å²) < 4.78 is 27.0. The van der Waals surface area contributed by atoms with Gasteiger partial charge in [-0.25, -0.2) is 4.39 Å². The molecule has 1 aromatic carbocycles. The molecule has 0 saturated carbocycles. The molecule has 1 aliphatic rings. The van der Waals surface area contributed by atoms with Gasteiger partial charge in [-0.2, -0.15) is 16.2 Å². The Balaban J connectivity index is 2.17. The molecule has 1 atom stereocenters. The van der Waals surface area contributed by atoms with Gasteiger partial charge >= 0.3 is 5.69 Å². The molecular formula is C13H14F2N2O3S. The second kappa shape index (κ2) is 5.97. The van der Waals surface area contributed by atoms with Crippen LogP contribution in [0.4, 0.5) is 14.5 Å². The molecule has 1 N–H and O–H groups in total. The molecule has 1 heterocycles. The molecule has 2 rings (SSSR count). The normalized spacial score (nSPS) is 21.3. The topological polar surface area (TPSA) is 72.2 Å². The molecule has 0 aliphatic carbocycles. The van der Waals surface area contributed by atoms with E-state index in [9.17, 15) is 23.7 Å². The van der Waals surface area contributed by atoms with Crippen LogP contribution in [0.15, 0.2) is 12.1 Å². The second-order valence-electron chi connectivity index (χ2n) is 5.13. The van der Waals surface area contributed by atoms with E-state index < -0.39 is 33.7 Å². The molecule has 0 bridgehead atoms. The summed E-state index contributed by atoms with van der Waals surface area (Å²) in [5.41, 5.74) is -1.69. The molecule has 1 saturated heterocycles. The van der Waals surface area contributed by atoms with E-state index in [0.29, 0.717) is 18.7 Å². The van der Waals surface area contributed by atoms with Gasteiger partial charge in [-0.1, -0.05) is 0 Å². The van der Waals surface area contributed by atoms with Crippen molar-refractivity contribution in [2.75, 3.05) is 12.3 Å². The smallest absolute Gasteiger partial charge is 0.308 e. The molecule has 1 aliphatic heterocycles. The van der Waals surface area contributed by atoms with Crippen molar-refractivity contribution in [3.8, 4) is 0 Å². The lowest BCUT2D eigenvalue weighted by molar-refractivity contribution is -0.387. The maximum atomic E-state index is 13.9. The molecule has 1 amide bonds. The molecule has 114 valence electrons. The Morgan fingerprint density at radius 1 is 1.52 bits per heavy atom. The highest BCUT2D eigenvalue weighted by Crippen LogP contribution is 2.37. The van der Waals surface area contributed by atoms with Gasteiger partial charge in [0.25, 0.3) is 5.91 Å². The van der Waals surface area contributed by atoms with Crippen LogP contribution >= 0.6 is 11.8 Å². The Morgan fingerprint density at radius 2 is 2.24 bits per heavy atom.